The molecule has 112 valence electrons. The molecule has 1 heterocycles. The topological polar surface area (TPSA) is 76.1 Å². The Morgan fingerprint density at radius 1 is 1.19 bits per heavy atom. The summed E-state index contributed by atoms with van der Waals surface area (Å²) in [5, 5.41) is 6.83. The quantitative estimate of drug-likeness (QED) is 0.846. The zero-order chi connectivity index (χ0) is 15.3. The average molecular weight is 288 g/mol. The molecule has 0 aliphatic heterocycles. The van der Waals surface area contributed by atoms with Gasteiger partial charge in [-0.25, -0.2) is 14.8 Å². The number of benzene rings is 1. The number of anilines is 1. The lowest BCUT2D eigenvalue weighted by molar-refractivity contribution is 0.0530. The molecule has 2 N–H and O–H groups in total. The van der Waals surface area contributed by atoms with Crippen molar-refractivity contribution in [2.24, 2.45) is 0 Å². The summed E-state index contributed by atoms with van der Waals surface area (Å²) in [6.45, 7) is 6.50. The Hall–Kier alpha value is -2.37. The fraction of sp³-hybridized carbons (Fsp3) is 0.400. The molecule has 21 heavy (non-hydrogen) atoms. The average Bonchev–Trinajstić information content (AvgIpc) is 2.42. The molecule has 1 aromatic carbocycles. The second-order valence-electron chi connectivity index (χ2n) is 5.59. The Morgan fingerprint density at radius 3 is 2.71 bits per heavy atom. The number of ether oxygens (including phenoxy) is 1. The van der Waals surface area contributed by atoms with Crippen LogP contribution in [-0.2, 0) is 4.74 Å². The standard InChI is InChI=1S/C15H20N4O2/c1-15(2,3)21-14(20)17-9-8-16-13-11-6-4-5-7-12(11)18-10-19-13/h4-7,10H,8-9H2,1-3H3,(H,17,20)(H,16,18,19). The summed E-state index contributed by atoms with van der Waals surface area (Å²) >= 11 is 0. The number of hydrogen-bond acceptors (Lipinski definition) is 5. The molecule has 0 fully saturated rings. The number of carbonyl (C=O) groups excluding carboxylic acids is 1. The van der Waals surface area contributed by atoms with Gasteiger partial charge in [0.2, 0.25) is 0 Å². The molecule has 0 atom stereocenters. The van der Waals surface area contributed by atoms with E-state index in [4.69, 9.17) is 4.74 Å². The van der Waals surface area contributed by atoms with Gasteiger partial charge < -0.3 is 15.4 Å². The van der Waals surface area contributed by atoms with Gasteiger partial charge in [-0.15, -0.1) is 0 Å². The van der Waals surface area contributed by atoms with Crippen LogP contribution in [0.4, 0.5) is 10.6 Å². The van der Waals surface area contributed by atoms with Crippen molar-refractivity contribution in [3.05, 3.63) is 30.6 Å². The van der Waals surface area contributed by atoms with E-state index in [2.05, 4.69) is 20.6 Å². The van der Waals surface area contributed by atoms with Gasteiger partial charge in [0.15, 0.2) is 0 Å². The molecule has 0 spiro atoms. The van der Waals surface area contributed by atoms with E-state index in [-0.39, 0.29) is 0 Å². The van der Waals surface area contributed by atoms with Gasteiger partial charge in [-0.2, -0.15) is 0 Å². The number of aromatic nitrogens is 2. The van der Waals surface area contributed by atoms with Crippen LogP contribution in [-0.4, -0.2) is 34.8 Å². The molecule has 2 aromatic rings. The Kier molecular flexibility index (Phi) is 4.57. The number of hydrogen-bond donors (Lipinski definition) is 2. The number of carbonyl (C=O) groups is 1. The summed E-state index contributed by atoms with van der Waals surface area (Å²) in [6, 6.07) is 7.76. The molecule has 0 saturated carbocycles. The van der Waals surface area contributed by atoms with Crippen LogP contribution in [0.2, 0.25) is 0 Å². The van der Waals surface area contributed by atoms with Gasteiger partial charge in [0.25, 0.3) is 0 Å². The highest BCUT2D eigenvalue weighted by atomic mass is 16.6. The van der Waals surface area contributed by atoms with Crippen LogP contribution in [0, 0.1) is 0 Å². The van der Waals surface area contributed by atoms with E-state index < -0.39 is 11.7 Å². The Balaban J connectivity index is 1.84. The molecule has 6 nitrogen and oxygen atoms in total. The van der Waals surface area contributed by atoms with E-state index in [0.717, 1.165) is 16.7 Å². The molecule has 0 bridgehead atoms. The fourth-order valence-corrected chi connectivity index (χ4v) is 1.81. The van der Waals surface area contributed by atoms with Crippen molar-refractivity contribution >= 4 is 22.8 Å². The van der Waals surface area contributed by atoms with Gasteiger partial charge >= 0.3 is 6.09 Å². The summed E-state index contributed by atoms with van der Waals surface area (Å²) in [5.41, 5.74) is 0.399. The fourth-order valence-electron chi connectivity index (χ4n) is 1.81. The largest absolute Gasteiger partial charge is 0.444 e. The number of amides is 1. The molecule has 0 aliphatic carbocycles. The number of rotatable bonds is 4. The second kappa shape index (κ2) is 6.39. The first kappa shape index (κ1) is 15.0. The molecular weight excluding hydrogens is 268 g/mol. The lowest BCUT2D eigenvalue weighted by Gasteiger charge is -2.19. The Labute approximate surface area is 123 Å². The van der Waals surface area contributed by atoms with Gasteiger partial charge in [0.1, 0.15) is 17.7 Å². The van der Waals surface area contributed by atoms with Crippen LogP contribution in [0.5, 0.6) is 0 Å². The third-order valence-corrected chi connectivity index (χ3v) is 2.63. The van der Waals surface area contributed by atoms with Crippen molar-refractivity contribution < 1.29 is 9.53 Å². The van der Waals surface area contributed by atoms with Gasteiger partial charge in [-0.3, -0.25) is 0 Å². The highest BCUT2D eigenvalue weighted by Crippen LogP contribution is 2.17. The first-order chi connectivity index (χ1) is 9.96. The van der Waals surface area contributed by atoms with Crippen molar-refractivity contribution in [2.75, 3.05) is 18.4 Å². The van der Waals surface area contributed by atoms with Crippen molar-refractivity contribution in [1.82, 2.24) is 15.3 Å². The van der Waals surface area contributed by atoms with Gasteiger partial charge in [0, 0.05) is 18.5 Å². The molecule has 1 amide bonds. The van der Waals surface area contributed by atoms with E-state index in [1.54, 1.807) is 0 Å². The predicted octanol–water partition coefficient (Wildman–Crippen LogP) is 2.57. The molecule has 6 heteroatoms. The highest BCUT2D eigenvalue weighted by molar-refractivity contribution is 5.88. The van der Waals surface area contributed by atoms with E-state index >= 15 is 0 Å². The van der Waals surface area contributed by atoms with Crippen LogP contribution in [0.1, 0.15) is 20.8 Å². The van der Waals surface area contributed by atoms with Crippen molar-refractivity contribution in [3.63, 3.8) is 0 Å². The summed E-state index contributed by atoms with van der Waals surface area (Å²) in [5.74, 6) is 0.756. The molecule has 0 radical (unpaired) electrons. The zero-order valence-electron chi connectivity index (χ0n) is 12.5. The second-order valence-corrected chi connectivity index (χ2v) is 5.59. The van der Waals surface area contributed by atoms with Gasteiger partial charge in [0.05, 0.1) is 5.52 Å². The zero-order valence-corrected chi connectivity index (χ0v) is 12.5. The molecule has 2 rings (SSSR count). The van der Waals surface area contributed by atoms with Crippen molar-refractivity contribution in [1.29, 1.82) is 0 Å². The van der Waals surface area contributed by atoms with E-state index in [1.165, 1.54) is 6.33 Å². The molecule has 0 saturated heterocycles. The van der Waals surface area contributed by atoms with Crippen molar-refractivity contribution in [3.8, 4) is 0 Å². The third-order valence-electron chi connectivity index (χ3n) is 2.63. The summed E-state index contributed by atoms with van der Waals surface area (Å²) in [4.78, 5) is 19.9. The first-order valence-corrected chi connectivity index (χ1v) is 6.86. The monoisotopic (exact) mass is 288 g/mol. The van der Waals surface area contributed by atoms with E-state index in [9.17, 15) is 4.79 Å². The van der Waals surface area contributed by atoms with Crippen molar-refractivity contribution in [2.45, 2.75) is 26.4 Å². The minimum Gasteiger partial charge on any atom is -0.444 e. The number of nitrogens with one attached hydrogen (secondary N) is 2. The molecule has 0 aliphatic rings. The smallest absolute Gasteiger partial charge is 0.407 e. The highest BCUT2D eigenvalue weighted by Gasteiger charge is 2.15. The van der Waals surface area contributed by atoms with Crippen LogP contribution in [0.15, 0.2) is 30.6 Å². The molecular formula is C15H20N4O2. The van der Waals surface area contributed by atoms with Crippen LogP contribution in [0.3, 0.4) is 0 Å². The Morgan fingerprint density at radius 2 is 1.95 bits per heavy atom. The number of para-hydroxylation sites is 1. The molecule has 1 aromatic heterocycles. The van der Waals surface area contributed by atoms with Gasteiger partial charge in [-0.1, -0.05) is 12.1 Å². The lowest BCUT2D eigenvalue weighted by atomic mass is 10.2. The number of fused-ring (bicyclic) bond motifs is 1. The summed E-state index contributed by atoms with van der Waals surface area (Å²) in [6.07, 6.45) is 1.10. The number of alkyl carbamates (subject to hydrolysis) is 1. The predicted molar refractivity (Wildman–Crippen MR) is 82.3 cm³/mol. The maximum atomic E-state index is 11.5. The SMILES string of the molecule is CC(C)(C)OC(=O)NCCNc1ncnc2ccccc12. The van der Waals surface area contributed by atoms with Crippen LogP contribution < -0.4 is 10.6 Å². The summed E-state index contributed by atoms with van der Waals surface area (Å²) in [7, 11) is 0. The number of nitrogens with zero attached hydrogens (tertiary/aromatic N) is 2. The minimum atomic E-state index is -0.486. The van der Waals surface area contributed by atoms with Crippen LogP contribution >= 0.6 is 0 Å². The van der Waals surface area contributed by atoms with E-state index in [0.29, 0.717) is 13.1 Å². The van der Waals surface area contributed by atoms with Crippen LogP contribution in [0.25, 0.3) is 10.9 Å². The first-order valence-electron chi connectivity index (χ1n) is 6.86. The lowest BCUT2D eigenvalue weighted by Crippen LogP contribution is -2.35. The Bertz CT molecular complexity index is 617. The summed E-state index contributed by atoms with van der Waals surface area (Å²) < 4.78 is 5.16. The maximum absolute atomic E-state index is 11.5. The van der Waals surface area contributed by atoms with Gasteiger partial charge in [-0.05, 0) is 32.9 Å². The molecule has 0 unspecified atom stereocenters. The third kappa shape index (κ3) is 4.59. The minimum absolute atomic E-state index is 0.420. The normalized spacial score (nSPS) is 11.2. The van der Waals surface area contributed by atoms with E-state index in [1.807, 2.05) is 45.0 Å². The maximum Gasteiger partial charge on any atom is 0.407 e.